The number of carbonyl (C=O) groups is 4. The number of aliphatic hydroxyl groups excluding tert-OH is 2. The minimum Gasteiger partial charge on any atom is -0.511 e. The predicted octanol–water partition coefficient (Wildman–Crippen LogP) is 8.02. The van der Waals surface area contributed by atoms with Crippen molar-refractivity contribution >= 4 is 55.5 Å². The second-order valence-corrected chi connectivity index (χ2v) is 19.2. The number of aliphatic hydroxyl groups is 2. The number of esters is 1. The number of amides is 1. The van der Waals surface area contributed by atoms with E-state index in [0.717, 1.165) is 32.1 Å². The molecule has 1 amide bonds. The SMILES string of the molecule is CC[C@H]1C[C@]23OC(=O)/C(=C(/O)[C@]4(CC)[C@@H](C=C[C@H]5[C@@H](O[C@H]6C[C@@H](O)[C@H](NC(=O)c7[nH]cc(Br)c7Br)[C@@H](C)O6)[C@@H](C)CC[C@@H]54)CCCC/C=C/[C@@]2(C)C=C1C(=O)O)C3=O. The van der Waals surface area contributed by atoms with Crippen LogP contribution in [0.25, 0.3) is 0 Å². The molecule has 3 fully saturated rings. The molecule has 4 aliphatic carbocycles. The van der Waals surface area contributed by atoms with E-state index < -0.39 is 64.6 Å². The maximum Gasteiger partial charge on any atom is 0.346 e. The molecule has 316 valence electrons. The van der Waals surface area contributed by atoms with Crippen molar-refractivity contribution < 1.29 is 48.7 Å². The molecule has 2 bridgehead atoms. The highest BCUT2D eigenvalue weighted by Gasteiger charge is 2.67. The van der Waals surface area contributed by atoms with Gasteiger partial charge in [-0.15, -0.1) is 0 Å². The molecular formula is C44H56Br2N2O10. The van der Waals surface area contributed by atoms with Crippen LogP contribution in [-0.4, -0.2) is 80.2 Å². The zero-order valence-electron chi connectivity index (χ0n) is 33.8. The van der Waals surface area contributed by atoms with Crippen molar-refractivity contribution in [3.8, 4) is 0 Å². The smallest absolute Gasteiger partial charge is 0.346 e. The van der Waals surface area contributed by atoms with E-state index >= 15 is 4.79 Å². The fourth-order valence-electron chi connectivity index (χ4n) is 11.3. The summed E-state index contributed by atoms with van der Waals surface area (Å²) in [5.41, 5.74) is -3.75. The minimum absolute atomic E-state index is 0.00323. The van der Waals surface area contributed by atoms with E-state index in [9.17, 15) is 29.7 Å². The largest absolute Gasteiger partial charge is 0.511 e. The molecule has 0 aromatic carbocycles. The van der Waals surface area contributed by atoms with Crippen LogP contribution < -0.4 is 5.32 Å². The second kappa shape index (κ2) is 16.4. The van der Waals surface area contributed by atoms with Gasteiger partial charge in [-0.2, -0.15) is 0 Å². The van der Waals surface area contributed by atoms with Crippen LogP contribution in [0.1, 0.15) is 109 Å². The van der Waals surface area contributed by atoms with E-state index in [2.05, 4.69) is 61.2 Å². The third-order valence-electron chi connectivity index (χ3n) is 14.5. The number of aliphatic carboxylic acids is 1. The number of ether oxygens (including phenoxy) is 3. The number of nitrogens with one attached hydrogen (secondary N) is 2. The molecule has 2 saturated heterocycles. The van der Waals surface area contributed by atoms with Crippen LogP contribution in [0.15, 0.2) is 62.4 Å². The van der Waals surface area contributed by atoms with Crippen LogP contribution in [0.5, 0.6) is 0 Å². The lowest BCUT2D eigenvalue weighted by molar-refractivity contribution is -0.258. The molecule has 5 N–H and O–H groups in total. The summed E-state index contributed by atoms with van der Waals surface area (Å²) in [5.74, 6) is -4.20. The summed E-state index contributed by atoms with van der Waals surface area (Å²) in [6.45, 7) is 9.55. The van der Waals surface area contributed by atoms with Crippen LogP contribution >= 0.6 is 31.9 Å². The Balaban J connectivity index is 1.21. The molecule has 58 heavy (non-hydrogen) atoms. The summed E-state index contributed by atoms with van der Waals surface area (Å²) in [5, 5.41) is 37.3. The van der Waals surface area contributed by atoms with Crippen molar-refractivity contribution in [3.05, 3.63) is 68.1 Å². The van der Waals surface area contributed by atoms with E-state index in [-0.39, 0.29) is 65.4 Å². The van der Waals surface area contributed by atoms with E-state index in [1.807, 2.05) is 26.0 Å². The summed E-state index contributed by atoms with van der Waals surface area (Å²) in [6.07, 6.45) is 14.3. The van der Waals surface area contributed by atoms with Crippen molar-refractivity contribution in [3.63, 3.8) is 0 Å². The molecule has 2 aliphatic heterocycles. The van der Waals surface area contributed by atoms with Crippen LogP contribution in [0.2, 0.25) is 0 Å². The van der Waals surface area contributed by atoms with Crippen molar-refractivity contribution in [1.82, 2.24) is 10.3 Å². The molecule has 1 aromatic heterocycles. The molecule has 0 unspecified atom stereocenters. The molecule has 14 heteroatoms. The molecule has 13 atom stereocenters. The molecule has 1 aromatic rings. The Hall–Kier alpha value is -3.04. The van der Waals surface area contributed by atoms with Crippen molar-refractivity contribution in [2.24, 2.45) is 40.4 Å². The molecule has 1 saturated carbocycles. The predicted molar refractivity (Wildman–Crippen MR) is 221 cm³/mol. The van der Waals surface area contributed by atoms with Gasteiger partial charge in [0.2, 0.25) is 5.78 Å². The first-order chi connectivity index (χ1) is 27.5. The van der Waals surface area contributed by atoms with E-state index in [0.29, 0.717) is 33.9 Å². The third kappa shape index (κ3) is 7.00. The molecular weight excluding hydrogens is 876 g/mol. The number of aromatic nitrogens is 1. The Kier molecular flexibility index (Phi) is 12.2. The van der Waals surface area contributed by atoms with Crippen LogP contribution in [0.3, 0.4) is 0 Å². The quantitative estimate of drug-likeness (QED) is 0.102. The van der Waals surface area contributed by atoms with Gasteiger partial charge in [-0.3, -0.25) is 9.59 Å². The monoisotopic (exact) mass is 930 g/mol. The van der Waals surface area contributed by atoms with Crippen molar-refractivity contribution in [1.29, 1.82) is 0 Å². The lowest BCUT2D eigenvalue weighted by Gasteiger charge is -2.55. The first-order valence-corrected chi connectivity index (χ1v) is 22.5. The standard InChI is InChI=1S/C44H56Br2N2O10/c1-6-24-19-44-38(51)32(41(55)58-44)37(50)43(7-2)25(12-10-8-9-11-17-42(44,5)20-27(24)40(53)54)14-15-26-28(43)16-13-22(3)36(26)57-31-18-30(49)34(23(4)56-31)48-39(52)35-33(46)29(45)21-47-35/h11,14-15,17,20-26,28,30-31,34,36,47,49-50H,6-10,12-13,16,18-19H2,1-5H3,(H,48,52)(H,53,54)/b17-11+,37-32+/t22-,23+,24-,25+,26+,28-,30+,31-,34+,36-,42-,43+,44+/m0/s1. The van der Waals surface area contributed by atoms with Gasteiger partial charge in [0.1, 0.15) is 17.0 Å². The summed E-state index contributed by atoms with van der Waals surface area (Å²) in [6, 6.07) is -0.687. The Morgan fingerprint density at radius 2 is 1.86 bits per heavy atom. The van der Waals surface area contributed by atoms with Gasteiger partial charge >= 0.3 is 11.9 Å². The van der Waals surface area contributed by atoms with Gasteiger partial charge in [0.05, 0.1) is 38.7 Å². The lowest BCUT2D eigenvalue weighted by atomic mass is 9.50. The summed E-state index contributed by atoms with van der Waals surface area (Å²) in [7, 11) is 0. The average molecular weight is 933 g/mol. The van der Waals surface area contributed by atoms with Crippen molar-refractivity contribution in [2.45, 2.75) is 135 Å². The fraction of sp³-hybridized carbons (Fsp3) is 0.636. The number of carboxylic acids is 1. The Morgan fingerprint density at radius 3 is 2.52 bits per heavy atom. The van der Waals surface area contributed by atoms with E-state index in [1.165, 1.54) is 0 Å². The van der Waals surface area contributed by atoms with Gasteiger partial charge < -0.3 is 39.8 Å². The maximum atomic E-state index is 15.1. The molecule has 3 heterocycles. The first kappa shape index (κ1) is 43.1. The maximum absolute atomic E-state index is 15.1. The van der Waals surface area contributed by atoms with E-state index in [4.69, 9.17) is 14.2 Å². The number of carbonyl (C=O) groups excluding carboxylic acids is 3. The van der Waals surface area contributed by atoms with Crippen LogP contribution in [0.4, 0.5) is 0 Å². The fourth-order valence-corrected chi connectivity index (χ4v) is 12.0. The van der Waals surface area contributed by atoms with Crippen LogP contribution in [0, 0.1) is 40.4 Å². The molecule has 6 aliphatic rings. The Morgan fingerprint density at radius 1 is 1.10 bits per heavy atom. The van der Waals surface area contributed by atoms with E-state index in [1.54, 1.807) is 26.1 Å². The number of aromatic amines is 1. The average Bonchev–Trinajstić information content (AvgIpc) is 3.65. The van der Waals surface area contributed by atoms with Gasteiger partial charge in [-0.1, -0.05) is 57.6 Å². The number of rotatable bonds is 7. The van der Waals surface area contributed by atoms with Crippen LogP contribution in [-0.2, 0) is 28.6 Å². The number of allylic oxidation sites excluding steroid dienone is 3. The third-order valence-corrected chi connectivity index (χ3v) is 16.5. The minimum atomic E-state index is -1.71. The Labute approximate surface area is 356 Å². The van der Waals surface area contributed by atoms with Gasteiger partial charge in [0.15, 0.2) is 11.9 Å². The summed E-state index contributed by atoms with van der Waals surface area (Å²) < 4.78 is 20.7. The number of halogens is 2. The normalized spacial score (nSPS) is 42.0. The number of fused-ring (bicyclic) bond motifs is 4. The number of carboxylic acid groups (broad SMARTS) is 1. The van der Waals surface area contributed by atoms with Gasteiger partial charge in [-0.25, -0.2) is 9.59 Å². The number of ketones is 1. The zero-order valence-corrected chi connectivity index (χ0v) is 36.9. The highest BCUT2D eigenvalue weighted by Crippen LogP contribution is 2.61. The molecule has 0 radical (unpaired) electrons. The highest BCUT2D eigenvalue weighted by atomic mass is 79.9. The second-order valence-electron chi connectivity index (χ2n) is 17.6. The zero-order chi connectivity index (χ0) is 41.9. The summed E-state index contributed by atoms with van der Waals surface area (Å²) >= 11 is 6.79. The summed E-state index contributed by atoms with van der Waals surface area (Å²) in [4.78, 5) is 57.8. The Bertz CT molecular complexity index is 1940. The first-order valence-electron chi connectivity index (χ1n) is 20.9. The highest BCUT2D eigenvalue weighted by molar-refractivity contribution is 9.13. The number of Topliss-reactive ketones (excluding diaryl/α,β-unsaturated/α-hetero) is 1. The number of H-pyrrole nitrogens is 1. The van der Waals surface area contributed by atoms with Gasteiger partial charge in [-0.05, 0) is 114 Å². The van der Waals surface area contributed by atoms with Gasteiger partial charge in [0, 0.05) is 35.9 Å². The topological polar surface area (TPSA) is 184 Å². The lowest BCUT2D eigenvalue weighted by Crippen LogP contribution is -2.58. The molecule has 1 spiro atoms. The number of hydrogen-bond donors (Lipinski definition) is 5. The molecule has 12 nitrogen and oxygen atoms in total. The number of hydrogen-bond acceptors (Lipinski definition) is 9. The molecule has 7 rings (SSSR count). The van der Waals surface area contributed by atoms with Gasteiger partial charge in [0.25, 0.3) is 5.91 Å². The van der Waals surface area contributed by atoms with Crippen molar-refractivity contribution in [2.75, 3.05) is 0 Å².